The summed E-state index contributed by atoms with van der Waals surface area (Å²) in [4.78, 5) is 38.4. The standard InChI is InChI=1S/C23H27ClN2O4/c1-14-13-18(24)10-9-16(14)11-12-23(3)19(20(27)28)26(21(23)29)22(30)25-15(2)17-7-5-4-6-8-17/h4-10,14-15,19H,11-13H2,1-3H3,(H,25,30)(H,27,28)/t14?,15-,19-,23-/m1/s1. The Hall–Kier alpha value is -2.60. The van der Waals surface area contributed by atoms with Crippen LogP contribution in [0.15, 0.2) is 53.1 Å². The number of aliphatic carboxylic acids is 1. The molecular weight excluding hydrogens is 404 g/mol. The largest absolute Gasteiger partial charge is 0.480 e. The molecule has 2 N–H and O–H groups in total. The van der Waals surface area contributed by atoms with Gasteiger partial charge in [-0.2, -0.15) is 0 Å². The van der Waals surface area contributed by atoms with E-state index in [0.717, 1.165) is 27.5 Å². The molecule has 4 atom stereocenters. The minimum absolute atomic E-state index is 0.246. The fraction of sp³-hybridized carbons (Fsp3) is 0.435. The van der Waals surface area contributed by atoms with Crippen molar-refractivity contribution in [1.29, 1.82) is 0 Å². The van der Waals surface area contributed by atoms with E-state index in [1.807, 2.05) is 42.5 Å². The number of imide groups is 1. The first-order chi connectivity index (χ1) is 14.1. The van der Waals surface area contributed by atoms with Gasteiger partial charge in [0.1, 0.15) is 0 Å². The lowest BCUT2D eigenvalue weighted by Crippen LogP contribution is -2.73. The number of allylic oxidation sites excluding steroid dienone is 4. The van der Waals surface area contributed by atoms with E-state index in [9.17, 15) is 19.5 Å². The Kier molecular flexibility index (Phi) is 6.36. The van der Waals surface area contributed by atoms with Gasteiger partial charge in [0.25, 0.3) is 0 Å². The third-order valence-corrected chi connectivity index (χ3v) is 6.49. The number of carboxylic acid groups (broad SMARTS) is 1. The van der Waals surface area contributed by atoms with Crippen LogP contribution < -0.4 is 5.32 Å². The number of carboxylic acids is 1. The van der Waals surface area contributed by atoms with Crippen molar-refractivity contribution in [3.8, 4) is 0 Å². The normalized spacial score (nSPS) is 26.9. The molecule has 0 radical (unpaired) electrons. The van der Waals surface area contributed by atoms with Crippen LogP contribution in [0.1, 0.15) is 51.6 Å². The number of carbonyl (C=O) groups excluding carboxylic acids is 2. The second kappa shape index (κ2) is 8.64. The summed E-state index contributed by atoms with van der Waals surface area (Å²) in [5.74, 6) is -1.38. The number of hydrogen-bond acceptors (Lipinski definition) is 3. The molecule has 1 aromatic rings. The number of rotatable bonds is 6. The Bertz CT molecular complexity index is 911. The van der Waals surface area contributed by atoms with Crippen LogP contribution in [-0.4, -0.2) is 34.0 Å². The molecule has 1 aromatic carbocycles. The van der Waals surface area contributed by atoms with Crippen LogP contribution >= 0.6 is 11.6 Å². The predicted molar refractivity (Wildman–Crippen MR) is 115 cm³/mol. The highest BCUT2D eigenvalue weighted by molar-refractivity contribution is 6.29. The molecule has 160 valence electrons. The number of likely N-dealkylation sites (tertiary alicyclic amines) is 1. The molecule has 1 heterocycles. The van der Waals surface area contributed by atoms with E-state index in [-0.39, 0.29) is 12.0 Å². The van der Waals surface area contributed by atoms with Crippen LogP contribution in [0, 0.1) is 11.3 Å². The van der Waals surface area contributed by atoms with Crippen LogP contribution in [0.5, 0.6) is 0 Å². The highest BCUT2D eigenvalue weighted by atomic mass is 35.5. The summed E-state index contributed by atoms with van der Waals surface area (Å²) in [5, 5.41) is 13.3. The maximum absolute atomic E-state index is 12.9. The van der Waals surface area contributed by atoms with Crippen LogP contribution in [0.2, 0.25) is 0 Å². The van der Waals surface area contributed by atoms with Crippen molar-refractivity contribution >= 4 is 29.5 Å². The summed E-state index contributed by atoms with van der Waals surface area (Å²) in [5.41, 5.74) is 0.890. The van der Waals surface area contributed by atoms with Gasteiger partial charge in [-0.1, -0.05) is 60.5 Å². The van der Waals surface area contributed by atoms with E-state index < -0.39 is 29.4 Å². The average molecular weight is 431 g/mol. The molecule has 1 saturated heterocycles. The zero-order valence-electron chi connectivity index (χ0n) is 17.4. The van der Waals surface area contributed by atoms with Crippen molar-refractivity contribution < 1.29 is 19.5 Å². The van der Waals surface area contributed by atoms with Crippen molar-refractivity contribution in [3.63, 3.8) is 0 Å². The Labute approximate surface area is 181 Å². The monoisotopic (exact) mass is 430 g/mol. The van der Waals surface area contributed by atoms with Crippen LogP contribution in [0.25, 0.3) is 0 Å². The molecule has 7 heteroatoms. The molecular formula is C23H27ClN2O4. The highest BCUT2D eigenvalue weighted by Crippen LogP contribution is 2.45. The van der Waals surface area contributed by atoms with Crippen LogP contribution in [0.3, 0.4) is 0 Å². The molecule has 0 bridgehead atoms. The fourth-order valence-electron chi connectivity index (χ4n) is 4.23. The third kappa shape index (κ3) is 4.15. The molecule has 1 aliphatic heterocycles. The number of hydrogen-bond donors (Lipinski definition) is 2. The fourth-order valence-corrected chi connectivity index (χ4v) is 4.53. The second-order valence-corrected chi connectivity index (χ2v) is 8.86. The maximum atomic E-state index is 12.9. The zero-order valence-corrected chi connectivity index (χ0v) is 18.1. The lowest BCUT2D eigenvalue weighted by molar-refractivity contribution is -0.177. The SMILES string of the molecule is CC1CC(Cl)=CC=C1CC[C@@]1(C)C(=O)N(C(=O)N[C@H](C)c2ccccc2)[C@@H]1C(=O)O. The minimum atomic E-state index is -1.19. The number of halogens is 1. The number of urea groups is 1. The van der Waals surface area contributed by atoms with Crippen molar-refractivity contribution in [1.82, 2.24) is 10.2 Å². The molecule has 1 unspecified atom stereocenters. The zero-order chi connectivity index (χ0) is 22.1. The van der Waals surface area contributed by atoms with Crippen molar-refractivity contribution in [2.24, 2.45) is 11.3 Å². The van der Waals surface area contributed by atoms with Gasteiger partial charge in [-0.05, 0) is 50.7 Å². The van der Waals surface area contributed by atoms with Gasteiger partial charge in [0.15, 0.2) is 6.04 Å². The first-order valence-corrected chi connectivity index (χ1v) is 10.5. The van der Waals surface area contributed by atoms with E-state index in [0.29, 0.717) is 12.8 Å². The van der Waals surface area contributed by atoms with Gasteiger partial charge in [0.05, 0.1) is 11.5 Å². The number of benzene rings is 1. The molecule has 0 aromatic heterocycles. The quantitative estimate of drug-likeness (QED) is 0.644. The molecule has 3 rings (SSSR count). The summed E-state index contributed by atoms with van der Waals surface area (Å²) < 4.78 is 0. The third-order valence-electron chi connectivity index (χ3n) is 6.21. The summed E-state index contributed by atoms with van der Waals surface area (Å²) in [6, 6.07) is 7.09. The van der Waals surface area contributed by atoms with Crippen LogP contribution in [0.4, 0.5) is 4.79 Å². The van der Waals surface area contributed by atoms with Gasteiger partial charge in [0, 0.05) is 5.03 Å². The van der Waals surface area contributed by atoms with Crippen molar-refractivity contribution in [3.05, 3.63) is 58.7 Å². The number of carbonyl (C=O) groups is 3. The van der Waals surface area contributed by atoms with Crippen molar-refractivity contribution in [2.45, 2.75) is 52.1 Å². The lowest BCUT2D eigenvalue weighted by Gasteiger charge is -2.51. The van der Waals surface area contributed by atoms with Crippen LogP contribution in [-0.2, 0) is 9.59 Å². The first kappa shape index (κ1) is 22.1. The van der Waals surface area contributed by atoms with E-state index in [2.05, 4.69) is 12.2 Å². The van der Waals surface area contributed by atoms with Crippen molar-refractivity contribution in [2.75, 3.05) is 0 Å². The Morgan fingerprint density at radius 3 is 2.57 bits per heavy atom. The lowest BCUT2D eigenvalue weighted by atomic mass is 9.68. The Morgan fingerprint density at radius 1 is 1.30 bits per heavy atom. The number of nitrogens with one attached hydrogen (secondary N) is 1. The van der Waals surface area contributed by atoms with E-state index in [1.165, 1.54) is 0 Å². The average Bonchev–Trinajstić information content (AvgIpc) is 2.70. The maximum Gasteiger partial charge on any atom is 0.328 e. The Morgan fingerprint density at radius 2 is 1.97 bits per heavy atom. The Balaban J connectivity index is 1.70. The number of β-lactam (4-membered cyclic amide) rings is 1. The molecule has 0 saturated carbocycles. The summed E-state index contributed by atoms with van der Waals surface area (Å²) in [7, 11) is 0. The van der Waals surface area contributed by atoms with Gasteiger partial charge < -0.3 is 10.4 Å². The summed E-state index contributed by atoms with van der Waals surface area (Å²) in [6.45, 7) is 5.49. The van der Waals surface area contributed by atoms with Gasteiger partial charge in [-0.3, -0.25) is 4.79 Å². The van der Waals surface area contributed by atoms with E-state index >= 15 is 0 Å². The molecule has 0 spiro atoms. The highest BCUT2D eigenvalue weighted by Gasteiger charge is 2.63. The van der Waals surface area contributed by atoms with Gasteiger partial charge >= 0.3 is 12.0 Å². The van der Waals surface area contributed by atoms with E-state index in [1.54, 1.807) is 13.8 Å². The summed E-state index contributed by atoms with van der Waals surface area (Å²) >= 11 is 6.07. The predicted octanol–water partition coefficient (Wildman–Crippen LogP) is 4.63. The molecule has 2 aliphatic rings. The molecule has 6 nitrogen and oxygen atoms in total. The smallest absolute Gasteiger partial charge is 0.328 e. The molecule has 30 heavy (non-hydrogen) atoms. The molecule has 1 aliphatic carbocycles. The topological polar surface area (TPSA) is 86.7 Å². The molecule has 1 fully saturated rings. The summed E-state index contributed by atoms with van der Waals surface area (Å²) in [6.07, 6.45) is 5.49. The van der Waals surface area contributed by atoms with Gasteiger partial charge in [-0.25, -0.2) is 14.5 Å². The minimum Gasteiger partial charge on any atom is -0.480 e. The van der Waals surface area contributed by atoms with Gasteiger partial charge in [-0.15, -0.1) is 0 Å². The number of amides is 3. The number of nitrogens with zero attached hydrogens (tertiary/aromatic N) is 1. The van der Waals surface area contributed by atoms with Gasteiger partial charge in [0.2, 0.25) is 5.91 Å². The second-order valence-electron chi connectivity index (χ2n) is 8.38. The van der Waals surface area contributed by atoms with E-state index in [4.69, 9.17) is 11.6 Å². The first-order valence-electron chi connectivity index (χ1n) is 10.1. The molecule has 3 amide bonds.